The fourth-order valence-electron chi connectivity index (χ4n) is 1.44. The Kier molecular flexibility index (Phi) is 2.49. The van der Waals surface area contributed by atoms with Crippen LogP contribution in [0.15, 0.2) is 41.1 Å². The summed E-state index contributed by atoms with van der Waals surface area (Å²) in [6.07, 6.45) is 2.05. The first-order chi connectivity index (χ1) is 7.27. The molecule has 4 nitrogen and oxygen atoms in total. The second-order valence-electron chi connectivity index (χ2n) is 3.19. The van der Waals surface area contributed by atoms with Crippen LogP contribution in [0.5, 0.6) is 0 Å². The van der Waals surface area contributed by atoms with Crippen LogP contribution in [0.2, 0.25) is 0 Å². The van der Waals surface area contributed by atoms with Gasteiger partial charge in [-0.15, -0.1) is 0 Å². The van der Waals surface area contributed by atoms with Crippen LogP contribution in [-0.4, -0.2) is 11.1 Å². The Morgan fingerprint density at radius 2 is 2.13 bits per heavy atom. The van der Waals surface area contributed by atoms with Gasteiger partial charge in [0.15, 0.2) is 0 Å². The van der Waals surface area contributed by atoms with Gasteiger partial charge in [-0.2, -0.15) is 0 Å². The Labute approximate surface area is 86.7 Å². The van der Waals surface area contributed by atoms with Gasteiger partial charge in [-0.1, -0.05) is 23.4 Å². The van der Waals surface area contributed by atoms with Crippen LogP contribution in [0.4, 0.5) is 0 Å². The van der Waals surface area contributed by atoms with E-state index in [1.54, 1.807) is 18.2 Å². The van der Waals surface area contributed by atoms with E-state index in [4.69, 9.17) is 10.3 Å². The number of amides is 1. The molecule has 1 aromatic carbocycles. The zero-order valence-electron chi connectivity index (χ0n) is 8.01. The molecule has 0 atom stereocenters. The first kappa shape index (κ1) is 9.45. The molecule has 0 aliphatic rings. The molecule has 76 valence electrons. The fraction of sp³-hybridized carbons (Fsp3) is 0.0909. The van der Waals surface area contributed by atoms with Crippen LogP contribution in [0.3, 0.4) is 0 Å². The summed E-state index contributed by atoms with van der Waals surface area (Å²) in [4.78, 5) is 11.1. The van der Waals surface area contributed by atoms with Crippen LogP contribution in [0.1, 0.15) is 21.6 Å². The summed E-state index contributed by atoms with van der Waals surface area (Å²) in [5, 5.41) is 3.78. The summed E-state index contributed by atoms with van der Waals surface area (Å²) < 4.78 is 4.72. The van der Waals surface area contributed by atoms with Crippen LogP contribution < -0.4 is 5.73 Å². The van der Waals surface area contributed by atoms with E-state index in [-0.39, 0.29) is 0 Å². The highest BCUT2D eigenvalue weighted by Gasteiger charge is 2.08. The molecule has 0 saturated carbocycles. The minimum atomic E-state index is -0.422. The summed E-state index contributed by atoms with van der Waals surface area (Å²) in [6.45, 7) is 0. The van der Waals surface area contributed by atoms with E-state index < -0.39 is 5.91 Å². The van der Waals surface area contributed by atoms with Gasteiger partial charge in [0.2, 0.25) is 5.91 Å². The Morgan fingerprint density at radius 3 is 2.80 bits per heavy atom. The molecule has 15 heavy (non-hydrogen) atoms. The number of rotatable bonds is 3. The van der Waals surface area contributed by atoms with Crippen molar-refractivity contribution in [1.82, 2.24) is 5.16 Å². The standard InChI is InChI=1S/C11H10N2O2/c12-11(14)10-4-2-1-3-8(10)7-9-5-6-15-13-9/h1-6H,7H2,(H2,12,14). The van der Waals surface area contributed by atoms with Gasteiger partial charge in [-0.05, 0) is 11.6 Å². The van der Waals surface area contributed by atoms with Gasteiger partial charge in [0, 0.05) is 18.1 Å². The third-order valence-electron chi connectivity index (χ3n) is 2.15. The average Bonchev–Trinajstić information content (AvgIpc) is 2.71. The van der Waals surface area contributed by atoms with Crippen molar-refractivity contribution in [3.05, 3.63) is 53.4 Å². The molecule has 0 aliphatic carbocycles. The SMILES string of the molecule is NC(=O)c1ccccc1Cc1ccon1. The predicted octanol–water partition coefficient (Wildman–Crippen LogP) is 1.36. The lowest BCUT2D eigenvalue weighted by Crippen LogP contribution is -2.13. The van der Waals surface area contributed by atoms with E-state index in [1.807, 2.05) is 12.1 Å². The number of carbonyl (C=O) groups excluding carboxylic acids is 1. The van der Waals surface area contributed by atoms with Gasteiger partial charge in [-0.3, -0.25) is 4.79 Å². The molecule has 2 rings (SSSR count). The molecule has 2 aromatic rings. The first-order valence-electron chi connectivity index (χ1n) is 4.54. The van der Waals surface area contributed by atoms with Crippen LogP contribution >= 0.6 is 0 Å². The van der Waals surface area contributed by atoms with Gasteiger partial charge < -0.3 is 10.3 Å². The Balaban J connectivity index is 2.32. The van der Waals surface area contributed by atoms with E-state index in [0.717, 1.165) is 11.3 Å². The van der Waals surface area contributed by atoms with Gasteiger partial charge in [-0.25, -0.2) is 0 Å². The van der Waals surface area contributed by atoms with Crippen LogP contribution in [-0.2, 0) is 6.42 Å². The molecule has 0 unspecified atom stereocenters. The monoisotopic (exact) mass is 202 g/mol. The van der Waals surface area contributed by atoms with E-state index in [0.29, 0.717) is 12.0 Å². The second kappa shape index (κ2) is 3.96. The van der Waals surface area contributed by atoms with Gasteiger partial charge in [0.05, 0.1) is 5.69 Å². The smallest absolute Gasteiger partial charge is 0.248 e. The molecule has 0 spiro atoms. The van der Waals surface area contributed by atoms with E-state index in [1.165, 1.54) is 6.26 Å². The van der Waals surface area contributed by atoms with Crippen molar-refractivity contribution in [2.24, 2.45) is 5.73 Å². The third kappa shape index (κ3) is 2.04. The normalized spacial score (nSPS) is 10.1. The molecular formula is C11H10N2O2. The predicted molar refractivity (Wildman–Crippen MR) is 54.3 cm³/mol. The van der Waals surface area contributed by atoms with Crippen molar-refractivity contribution in [2.75, 3.05) is 0 Å². The second-order valence-corrected chi connectivity index (χ2v) is 3.19. The molecule has 0 fully saturated rings. The van der Waals surface area contributed by atoms with Crippen molar-refractivity contribution in [3.8, 4) is 0 Å². The molecule has 1 aromatic heterocycles. The Hall–Kier alpha value is -2.10. The molecule has 4 heteroatoms. The number of nitrogens with two attached hydrogens (primary N) is 1. The first-order valence-corrected chi connectivity index (χ1v) is 4.54. The maximum Gasteiger partial charge on any atom is 0.248 e. The molecule has 0 aliphatic heterocycles. The number of carbonyl (C=O) groups is 1. The highest BCUT2D eigenvalue weighted by Crippen LogP contribution is 2.12. The fourth-order valence-corrected chi connectivity index (χ4v) is 1.44. The number of benzene rings is 1. The minimum absolute atomic E-state index is 0.422. The summed E-state index contributed by atoms with van der Waals surface area (Å²) in [5.74, 6) is -0.422. The zero-order chi connectivity index (χ0) is 10.7. The minimum Gasteiger partial charge on any atom is -0.366 e. The molecule has 1 amide bonds. The average molecular weight is 202 g/mol. The number of hydrogen-bond donors (Lipinski definition) is 1. The summed E-state index contributed by atoms with van der Waals surface area (Å²) >= 11 is 0. The summed E-state index contributed by atoms with van der Waals surface area (Å²) in [7, 11) is 0. The third-order valence-corrected chi connectivity index (χ3v) is 2.15. The Bertz CT molecular complexity index is 463. The molecule has 1 heterocycles. The lowest BCUT2D eigenvalue weighted by Gasteiger charge is -2.03. The molecule has 0 bridgehead atoms. The molecule has 2 N–H and O–H groups in total. The number of aromatic nitrogens is 1. The van der Waals surface area contributed by atoms with Crippen molar-refractivity contribution in [1.29, 1.82) is 0 Å². The van der Waals surface area contributed by atoms with Crippen molar-refractivity contribution in [2.45, 2.75) is 6.42 Å². The lowest BCUT2D eigenvalue weighted by atomic mass is 10.0. The maximum atomic E-state index is 11.1. The van der Waals surface area contributed by atoms with Gasteiger partial charge in [0.25, 0.3) is 0 Å². The molecule has 0 saturated heterocycles. The van der Waals surface area contributed by atoms with Crippen LogP contribution in [0, 0.1) is 0 Å². The highest BCUT2D eigenvalue weighted by atomic mass is 16.5. The van der Waals surface area contributed by atoms with Crippen molar-refractivity contribution in [3.63, 3.8) is 0 Å². The van der Waals surface area contributed by atoms with E-state index in [2.05, 4.69) is 5.16 Å². The number of hydrogen-bond acceptors (Lipinski definition) is 3. The molecule has 0 radical (unpaired) electrons. The number of primary amides is 1. The number of nitrogens with zero attached hydrogens (tertiary/aromatic N) is 1. The van der Waals surface area contributed by atoms with Crippen LogP contribution in [0.25, 0.3) is 0 Å². The summed E-state index contributed by atoms with van der Waals surface area (Å²) in [5.41, 5.74) is 7.43. The highest BCUT2D eigenvalue weighted by molar-refractivity contribution is 5.94. The Morgan fingerprint density at radius 1 is 1.33 bits per heavy atom. The quantitative estimate of drug-likeness (QED) is 0.817. The van der Waals surface area contributed by atoms with Crippen molar-refractivity contribution < 1.29 is 9.32 Å². The zero-order valence-corrected chi connectivity index (χ0v) is 8.01. The maximum absolute atomic E-state index is 11.1. The lowest BCUT2D eigenvalue weighted by molar-refractivity contribution is 0.0999. The largest absolute Gasteiger partial charge is 0.366 e. The van der Waals surface area contributed by atoms with E-state index in [9.17, 15) is 4.79 Å². The van der Waals surface area contributed by atoms with Gasteiger partial charge >= 0.3 is 0 Å². The molecular weight excluding hydrogens is 192 g/mol. The topological polar surface area (TPSA) is 69.1 Å². The van der Waals surface area contributed by atoms with E-state index >= 15 is 0 Å². The van der Waals surface area contributed by atoms with Gasteiger partial charge in [0.1, 0.15) is 6.26 Å². The summed E-state index contributed by atoms with van der Waals surface area (Å²) in [6, 6.07) is 8.97. The van der Waals surface area contributed by atoms with Crippen molar-refractivity contribution >= 4 is 5.91 Å².